The van der Waals surface area contributed by atoms with Crippen LogP contribution in [-0.2, 0) is 16.1 Å². The van der Waals surface area contributed by atoms with Gasteiger partial charge >= 0.3 is 0 Å². The average Bonchev–Trinajstić information content (AvgIpc) is 2.74. The summed E-state index contributed by atoms with van der Waals surface area (Å²) in [7, 11) is 0. The van der Waals surface area contributed by atoms with Gasteiger partial charge in [0.15, 0.2) is 5.78 Å². The van der Waals surface area contributed by atoms with Gasteiger partial charge in [-0.15, -0.1) is 0 Å². The Bertz CT molecular complexity index is 662. The van der Waals surface area contributed by atoms with Gasteiger partial charge in [0.1, 0.15) is 0 Å². The van der Waals surface area contributed by atoms with Crippen LogP contribution in [-0.4, -0.2) is 22.9 Å². The van der Waals surface area contributed by atoms with Crippen molar-refractivity contribution in [2.45, 2.75) is 70.9 Å². The summed E-state index contributed by atoms with van der Waals surface area (Å²) in [4.78, 5) is 23.6. The molecule has 0 spiro atoms. The SMILES string of the molecule is CC[C@H](O)C=C/C=C/C=C/C(=O)CCCCCCCC(=O)NCc1ccccc1. The topological polar surface area (TPSA) is 66.4 Å². The van der Waals surface area contributed by atoms with Crippen molar-refractivity contribution < 1.29 is 14.7 Å². The molecule has 0 saturated heterocycles. The van der Waals surface area contributed by atoms with Gasteiger partial charge in [-0.3, -0.25) is 9.59 Å². The number of ketones is 1. The second-order valence-corrected chi connectivity index (χ2v) is 7.10. The van der Waals surface area contributed by atoms with E-state index in [0.29, 0.717) is 25.8 Å². The summed E-state index contributed by atoms with van der Waals surface area (Å²) in [5.41, 5.74) is 1.11. The molecule has 2 N–H and O–H groups in total. The maximum atomic E-state index is 11.8. The van der Waals surface area contributed by atoms with Gasteiger partial charge in [-0.05, 0) is 30.9 Å². The maximum absolute atomic E-state index is 11.8. The van der Waals surface area contributed by atoms with E-state index < -0.39 is 6.10 Å². The third kappa shape index (κ3) is 14.2. The summed E-state index contributed by atoms with van der Waals surface area (Å²) in [6, 6.07) is 9.91. The first-order valence-electron chi connectivity index (χ1n) is 10.6. The summed E-state index contributed by atoms with van der Waals surface area (Å²) in [6.45, 7) is 2.50. The van der Waals surface area contributed by atoms with E-state index >= 15 is 0 Å². The molecule has 0 aliphatic carbocycles. The number of hydrogen-bond acceptors (Lipinski definition) is 3. The predicted molar refractivity (Wildman–Crippen MR) is 119 cm³/mol. The lowest BCUT2D eigenvalue weighted by atomic mass is 10.1. The molecule has 1 rings (SSSR count). The van der Waals surface area contributed by atoms with Crippen molar-refractivity contribution in [2.75, 3.05) is 0 Å². The Kier molecular flexibility index (Phi) is 14.0. The minimum absolute atomic E-state index is 0.0984. The monoisotopic (exact) mass is 397 g/mol. The Morgan fingerprint density at radius 3 is 2.31 bits per heavy atom. The minimum atomic E-state index is -0.408. The Labute approximate surface area is 175 Å². The predicted octanol–water partition coefficient (Wildman–Crippen LogP) is 5.04. The number of aliphatic hydroxyl groups excluding tert-OH is 1. The van der Waals surface area contributed by atoms with E-state index in [1.165, 1.54) is 0 Å². The third-order valence-corrected chi connectivity index (χ3v) is 4.53. The quantitative estimate of drug-likeness (QED) is 0.247. The molecule has 1 aromatic rings. The van der Waals surface area contributed by atoms with Gasteiger partial charge in [0, 0.05) is 19.4 Å². The zero-order valence-corrected chi connectivity index (χ0v) is 17.6. The average molecular weight is 398 g/mol. The van der Waals surface area contributed by atoms with Gasteiger partial charge in [-0.25, -0.2) is 0 Å². The number of rotatable bonds is 15. The van der Waals surface area contributed by atoms with Crippen LogP contribution in [0.5, 0.6) is 0 Å². The van der Waals surface area contributed by atoms with Crippen LogP contribution in [0.3, 0.4) is 0 Å². The number of allylic oxidation sites excluding steroid dienone is 5. The number of carbonyl (C=O) groups is 2. The molecular formula is C25H35NO3. The van der Waals surface area contributed by atoms with Gasteiger partial charge in [0.25, 0.3) is 0 Å². The van der Waals surface area contributed by atoms with E-state index in [-0.39, 0.29) is 11.7 Å². The fourth-order valence-electron chi connectivity index (χ4n) is 2.70. The summed E-state index contributed by atoms with van der Waals surface area (Å²) in [5, 5.41) is 12.3. The molecule has 0 saturated carbocycles. The molecule has 1 aromatic carbocycles. The zero-order chi connectivity index (χ0) is 21.2. The number of carbonyl (C=O) groups excluding carboxylic acids is 2. The highest BCUT2D eigenvalue weighted by atomic mass is 16.3. The lowest BCUT2D eigenvalue weighted by molar-refractivity contribution is -0.121. The molecule has 0 aliphatic heterocycles. The summed E-state index contributed by atoms with van der Waals surface area (Å²) < 4.78 is 0. The molecule has 0 aromatic heterocycles. The molecule has 4 heteroatoms. The van der Waals surface area contributed by atoms with E-state index in [0.717, 1.165) is 37.7 Å². The molecule has 158 valence electrons. The van der Waals surface area contributed by atoms with Crippen LogP contribution in [0.4, 0.5) is 0 Å². The van der Waals surface area contributed by atoms with Crippen molar-refractivity contribution in [1.29, 1.82) is 0 Å². The van der Waals surface area contributed by atoms with Crippen LogP contribution < -0.4 is 5.32 Å². The number of aliphatic hydroxyl groups is 1. The van der Waals surface area contributed by atoms with Gasteiger partial charge in [-0.1, -0.05) is 86.9 Å². The normalized spacial score (nSPS) is 12.8. The van der Waals surface area contributed by atoms with E-state index in [1.54, 1.807) is 36.5 Å². The van der Waals surface area contributed by atoms with Crippen LogP contribution in [0.25, 0.3) is 0 Å². The van der Waals surface area contributed by atoms with Crippen molar-refractivity contribution in [2.24, 2.45) is 0 Å². The minimum Gasteiger partial charge on any atom is -0.389 e. The van der Waals surface area contributed by atoms with Crippen molar-refractivity contribution in [3.8, 4) is 0 Å². The molecule has 1 atom stereocenters. The molecule has 0 fully saturated rings. The van der Waals surface area contributed by atoms with E-state index in [9.17, 15) is 14.7 Å². The maximum Gasteiger partial charge on any atom is 0.220 e. The first-order valence-corrected chi connectivity index (χ1v) is 10.6. The van der Waals surface area contributed by atoms with Crippen molar-refractivity contribution in [1.82, 2.24) is 5.32 Å². The number of benzene rings is 1. The van der Waals surface area contributed by atoms with Crippen LogP contribution in [0, 0.1) is 0 Å². The molecule has 29 heavy (non-hydrogen) atoms. The van der Waals surface area contributed by atoms with E-state index in [1.807, 2.05) is 37.3 Å². The Balaban J connectivity index is 1.98. The number of hydrogen-bond donors (Lipinski definition) is 2. The van der Waals surface area contributed by atoms with Crippen LogP contribution in [0.1, 0.15) is 63.9 Å². The highest BCUT2D eigenvalue weighted by molar-refractivity contribution is 5.89. The van der Waals surface area contributed by atoms with Crippen molar-refractivity contribution in [3.05, 3.63) is 72.4 Å². The second kappa shape index (κ2) is 16.5. The van der Waals surface area contributed by atoms with Gasteiger partial charge in [0.2, 0.25) is 5.91 Å². The van der Waals surface area contributed by atoms with E-state index in [4.69, 9.17) is 0 Å². The van der Waals surface area contributed by atoms with E-state index in [2.05, 4.69) is 5.32 Å². The smallest absolute Gasteiger partial charge is 0.220 e. The second-order valence-electron chi connectivity index (χ2n) is 7.10. The fraction of sp³-hybridized carbons (Fsp3) is 0.440. The largest absolute Gasteiger partial charge is 0.389 e. The number of amides is 1. The Morgan fingerprint density at radius 2 is 1.59 bits per heavy atom. The highest BCUT2D eigenvalue weighted by Crippen LogP contribution is 2.08. The summed E-state index contributed by atoms with van der Waals surface area (Å²) in [5.74, 6) is 0.230. The standard InChI is InChI=1S/C25H35NO3/c1-2-23(27)17-11-6-7-13-19-24(28)18-12-4-3-5-14-20-25(29)26-21-22-15-9-8-10-16-22/h6-11,13,15-17,19,23,27H,2-5,12,14,18,20-21H2,1H3,(H,26,29)/b7-6+,17-11?,19-13+/t23-/m0/s1. The van der Waals surface area contributed by atoms with Gasteiger partial charge < -0.3 is 10.4 Å². The lowest BCUT2D eigenvalue weighted by Gasteiger charge is -2.05. The van der Waals surface area contributed by atoms with Crippen LogP contribution >= 0.6 is 0 Å². The molecular weight excluding hydrogens is 362 g/mol. The molecule has 0 unspecified atom stereocenters. The third-order valence-electron chi connectivity index (χ3n) is 4.53. The first kappa shape index (κ1) is 24.6. The van der Waals surface area contributed by atoms with Crippen LogP contribution in [0.2, 0.25) is 0 Å². The summed E-state index contributed by atoms with van der Waals surface area (Å²) in [6.07, 6.45) is 16.7. The molecule has 0 radical (unpaired) electrons. The zero-order valence-electron chi connectivity index (χ0n) is 17.6. The van der Waals surface area contributed by atoms with Crippen molar-refractivity contribution >= 4 is 11.7 Å². The Morgan fingerprint density at radius 1 is 0.931 bits per heavy atom. The number of nitrogens with one attached hydrogen (secondary N) is 1. The molecule has 1 amide bonds. The highest BCUT2D eigenvalue weighted by Gasteiger charge is 2.01. The van der Waals surface area contributed by atoms with Crippen molar-refractivity contribution in [3.63, 3.8) is 0 Å². The summed E-state index contributed by atoms with van der Waals surface area (Å²) >= 11 is 0. The molecule has 4 nitrogen and oxygen atoms in total. The number of unbranched alkanes of at least 4 members (excludes halogenated alkanes) is 4. The van der Waals surface area contributed by atoms with Crippen LogP contribution in [0.15, 0.2) is 66.8 Å². The van der Waals surface area contributed by atoms with Gasteiger partial charge in [-0.2, -0.15) is 0 Å². The molecule has 0 heterocycles. The fourth-order valence-corrected chi connectivity index (χ4v) is 2.70. The Hall–Kier alpha value is -2.46. The lowest BCUT2D eigenvalue weighted by Crippen LogP contribution is -2.22. The molecule has 0 aliphatic rings. The molecule has 0 bridgehead atoms. The van der Waals surface area contributed by atoms with Gasteiger partial charge in [0.05, 0.1) is 6.10 Å². The first-order chi connectivity index (χ1) is 14.1.